The third kappa shape index (κ3) is 2.53. The van der Waals surface area contributed by atoms with Crippen molar-refractivity contribution in [2.24, 2.45) is 0 Å². The highest BCUT2D eigenvalue weighted by atomic mass is 16.7. The van der Waals surface area contributed by atoms with Crippen LogP contribution < -0.4 is 0 Å². The molecule has 0 fully saturated rings. The lowest BCUT2D eigenvalue weighted by molar-refractivity contribution is -0.553. The summed E-state index contributed by atoms with van der Waals surface area (Å²) in [5.41, 5.74) is -1.58. The number of carbonyl (C=O) groups is 1. The van der Waals surface area contributed by atoms with E-state index in [4.69, 9.17) is 0 Å². The molecule has 1 heterocycles. The van der Waals surface area contributed by atoms with Crippen molar-refractivity contribution in [2.45, 2.75) is 20.0 Å². The summed E-state index contributed by atoms with van der Waals surface area (Å²) in [4.78, 5) is 31.6. The molecule has 10 heteroatoms. The molecule has 0 atom stereocenters. The molecule has 0 spiro atoms. The number of esters is 1. The molecule has 0 radical (unpaired) electrons. The number of nitro groups is 2. The topological polar surface area (TPSA) is 130 Å². The van der Waals surface area contributed by atoms with Gasteiger partial charge in [0.2, 0.25) is 6.20 Å². The van der Waals surface area contributed by atoms with Crippen molar-refractivity contribution in [3.63, 3.8) is 0 Å². The molecule has 0 unspecified atom stereocenters. The minimum atomic E-state index is -1.17. The van der Waals surface area contributed by atoms with Gasteiger partial charge < -0.3 is 14.9 Å². The Morgan fingerprint density at radius 2 is 2.06 bits per heavy atom. The number of nitrogens with zero attached hydrogens (tertiary/aromatic N) is 4. The van der Waals surface area contributed by atoms with Crippen LogP contribution in [-0.4, -0.2) is 31.9 Å². The first-order valence-corrected chi connectivity index (χ1v) is 4.42. The van der Waals surface area contributed by atoms with Crippen molar-refractivity contribution in [3.8, 4) is 0 Å². The van der Waals surface area contributed by atoms with E-state index in [9.17, 15) is 25.0 Å². The Balaban J connectivity index is 3.26. The highest BCUT2D eigenvalue weighted by molar-refractivity contribution is 5.91. The smallest absolute Gasteiger partial charge is 0.370 e. The average Bonchev–Trinajstić information content (AvgIpc) is 2.59. The molecule has 0 aromatic carbocycles. The third-order valence-corrected chi connectivity index (χ3v) is 1.62. The van der Waals surface area contributed by atoms with Crippen LogP contribution in [0.5, 0.6) is 0 Å². The fourth-order valence-electron chi connectivity index (χ4n) is 1.04. The van der Waals surface area contributed by atoms with E-state index in [1.165, 1.54) is 13.8 Å². The van der Waals surface area contributed by atoms with Crippen molar-refractivity contribution in [1.29, 1.82) is 0 Å². The van der Waals surface area contributed by atoms with Crippen LogP contribution in [0.3, 0.4) is 0 Å². The summed E-state index contributed by atoms with van der Waals surface area (Å²) in [5.74, 6) is -1.17. The Hall–Kier alpha value is -2.52. The Morgan fingerprint density at radius 1 is 1.47 bits per heavy atom. The molecule has 0 N–H and O–H groups in total. The van der Waals surface area contributed by atoms with E-state index in [0.29, 0.717) is 6.20 Å². The molecular weight excluding hydrogens is 236 g/mol. The summed E-state index contributed by atoms with van der Waals surface area (Å²) < 4.78 is 4.67. The van der Waals surface area contributed by atoms with Gasteiger partial charge in [0.25, 0.3) is 5.69 Å². The molecular formula is C7H8N4O6. The zero-order valence-corrected chi connectivity index (χ0v) is 8.89. The zero-order chi connectivity index (χ0) is 13.2. The van der Waals surface area contributed by atoms with Gasteiger partial charge in [-0.05, 0) is 13.8 Å². The number of hydrogen-bond donors (Lipinski definition) is 0. The minimum Gasteiger partial charge on any atom is -0.458 e. The van der Waals surface area contributed by atoms with Crippen molar-refractivity contribution < 1.29 is 19.5 Å². The number of carbonyl (C=O) groups excluding carboxylic acids is 1. The lowest BCUT2D eigenvalue weighted by Crippen LogP contribution is -2.21. The molecule has 0 saturated carbocycles. The predicted octanol–water partition coefficient (Wildman–Crippen LogP) is 0.396. The summed E-state index contributed by atoms with van der Waals surface area (Å²) in [6.07, 6.45) is 0.0666. The molecule has 1 rings (SSSR count). The van der Waals surface area contributed by atoms with Gasteiger partial charge in [0.1, 0.15) is 0 Å². The van der Waals surface area contributed by atoms with E-state index in [0.717, 1.165) is 0 Å². The van der Waals surface area contributed by atoms with Crippen LogP contribution in [0, 0.1) is 20.2 Å². The maximum atomic E-state index is 11.5. The Labute approximate surface area is 94.0 Å². The first kappa shape index (κ1) is 12.5. The second-order valence-corrected chi connectivity index (χ2v) is 3.22. The predicted molar refractivity (Wildman–Crippen MR) is 51.8 cm³/mol. The van der Waals surface area contributed by atoms with E-state index in [2.05, 4.69) is 9.84 Å². The molecule has 1 aromatic heterocycles. The highest BCUT2D eigenvalue weighted by Crippen LogP contribution is 2.19. The van der Waals surface area contributed by atoms with Gasteiger partial charge in [-0.3, -0.25) is 10.1 Å². The summed E-state index contributed by atoms with van der Waals surface area (Å²) in [6.45, 7) is 3.02. The van der Waals surface area contributed by atoms with Gasteiger partial charge in [-0.15, -0.1) is 0 Å². The van der Waals surface area contributed by atoms with Gasteiger partial charge in [-0.25, -0.2) is 4.79 Å². The largest absolute Gasteiger partial charge is 0.458 e. The average molecular weight is 244 g/mol. The normalized spacial score (nSPS) is 10.3. The van der Waals surface area contributed by atoms with E-state index in [1.807, 2.05) is 0 Å². The number of rotatable bonds is 4. The molecule has 0 bridgehead atoms. The molecule has 0 aliphatic heterocycles. The quantitative estimate of drug-likeness (QED) is 0.425. The molecule has 17 heavy (non-hydrogen) atoms. The third-order valence-electron chi connectivity index (χ3n) is 1.62. The molecule has 0 amide bonds. The molecule has 0 aliphatic rings. The fourth-order valence-corrected chi connectivity index (χ4v) is 1.04. The van der Waals surface area contributed by atoms with Gasteiger partial charge in [-0.1, -0.05) is 0 Å². The second kappa shape index (κ2) is 4.55. The molecule has 0 aliphatic carbocycles. The Bertz CT molecular complexity index is 447. The van der Waals surface area contributed by atoms with Crippen LogP contribution in [0.15, 0.2) is 6.20 Å². The maximum absolute atomic E-state index is 11.5. The van der Waals surface area contributed by atoms with Gasteiger partial charge in [-0.2, -0.15) is 0 Å². The number of ether oxygens (including phenoxy) is 1. The van der Waals surface area contributed by atoms with Crippen LogP contribution in [0.1, 0.15) is 24.3 Å². The number of hydrogen-bond acceptors (Lipinski definition) is 7. The van der Waals surface area contributed by atoms with Gasteiger partial charge in [0.15, 0.2) is 0 Å². The van der Waals surface area contributed by atoms with Crippen LogP contribution in [0.4, 0.5) is 5.69 Å². The van der Waals surface area contributed by atoms with Crippen molar-refractivity contribution in [3.05, 3.63) is 32.1 Å². The Kier molecular flexibility index (Phi) is 3.36. The number of aromatic nitrogens is 2. The minimum absolute atomic E-state index is 0.0167. The van der Waals surface area contributed by atoms with E-state index in [1.54, 1.807) is 0 Å². The van der Waals surface area contributed by atoms with Crippen LogP contribution in [0.25, 0.3) is 0 Å². The standard InChI is InChI=1S/C7H8N4O6/c1-4(2)17-7(12)6-5(10(13)14)3-8-9(6)11(15)16/h3-4H,1-2H3. The van der Waals surface area contributed by atoms with Crippen LogP contribution in [0.2, 0.25) is 0 Å². The monoisotopic (exact) mass is 244 g/mol. The molecule has 92 valence electrons. The van der Waals surface area contributed by atoms with Gasteiger partial charge in [0.05, 0.1) is 21.2 Å². The zero-order valence-electron chi connectivity index (χ0n) is 8.89. The van der Waals surface area contributed by atoms with Gasteiger partial charge in [0, 0.05) is 4.79 Å². The maximum Gasteiger partial charge on any atom is 0.370 e. The molecule has 10 nitrogen and oxygen atoms in total. The fraction of sp³-hybridized carbons (Fsp3) is 0.429. The van der Waals surface area contributed by atoms with Crippen LogP contribution in [-0.2, 0) is 4.74 Å². The summed E-state index contributed by atoms with van der Waals surface area (Å²) in [7, 11) is 0. The lowest BCUT2D eigenvalue weighted by Gasteiger charge is -2.05. The Morgan fingerprint density at radius 3 is 2.47 bits per heavy atom. The van der Waals surface area contributed by atoms with Crippen molar-refractivity contribution in [2.75, 3.05) is 0 Å². The van der Waals surface area contributed by atoms with E-state index < -0.39 is 33.4 Å². The van der Waals surface area contributed by atoms with Gasteiger partial charge >= 0.3 is 11.7 Å². The lowest BCUT2D eigenvalue weighted by atomic mass is 10.3. The molecule has 1 aromatic rings. The highest BCUT2D eigenvalue weighted by Gasteiger charge is 2.35. The first-order valence-electron chi connectivity index (χ1n) is 4.42. The second-order valence-electron chi connectivity index (χ2n) is 3.22. The summed E-state index contributed by atoms with van der Waals surface area (Å²) in [6, 6.07) is 0. The van der Waals surface area contributed by atoms with Crippen molar-refractivity contribution >= 4 is 11.7 Å². The van der Waals surface area contributed by atoms with Crippen molar-refractivity contribution in [1.82, 2.24) is 9.89 Å². The van der Waals surface area contributed by atoms with E-state index in [-0.39, 0.29) is 4.79 Å². The van der Waals surface area contributed by atoms with E-state index >= 15 is 0 Å². The summed E-state index contributed by atoms with van der Waals surface area (Å²) >= 11 is 0. The molecule has 0 saturated heterocycles. The van der Waals surface area contributed by atoms with Crippen LogP contribution >= 0.6 is 0 Å². The summed E-state index contributed by atoms with van der Waals surface area (Å²) in [5, 5.41) is 23.2. The SMILES string of the molecule is CC(C)OC(=O)c1c([N+](=O)[O-])cnn1[N+](=O)[O-]. The first-order chi connectivity index (χ1) is 7.84.